The van der Waals surface area contributed by atoms with E-state index in [0.29, 0.717) is 28.4 Å². The van der Waals surface area contributed by atoms with Crippen LogP contribution in [0.3, 0.4) is 0 Å². The largest absolute Gasteiger partial charge is 0.573 e. The van der Waals surface area contributed by atoms with E-state index < -0.39 is 12.3 Å². The molecule has 9 heteroatoms. The number of hydrogen-bond donors (Lipinski definition) is 1. The van der Waals surface area contributed by atoms with Crippen molar-refractivity contribution in [2.75, 3.05) is 21.3 Å². The fraction of sp³-hybridized carbons (Fsp3) is 0.250. The van der Waals surface area contributed by atoms with E-state index in [2.05, 4.69) is 10.1 Å². The van der Waals surface area contributed by atoms with Crippen LogP contribution in [0.5, 0.6) is 23.0 Å². The molecule has 2 rings (SSSR count). The van der Waals surface area contributed by atoms with Crippen LogP contribution < -0.4 is 24.3 Å². The monoisotopic (exact) mass is 411 g/mol. The van der Waals surface area contributed by atoms with Crippen LogP contribution >= 0.6 is 0 Å². The summed E-state index contributed by atoms with van der Waals surface area (Å²) < 4.78 is 56.1. The first-order valence-corrected chi connectivity index (χ1v) is 8.37. The van der Waals surface area contributed by atoms with E-state index in [1.54, 1.807) is 18.2 Å². The number of alkyl halides is 3. The zero-order chi connectivity index (χ0) is 21.4. The van der Waals surface area contributed by atoms with Crippen molar-refractivity contribution >= 4 is 12.0 Å². The van der Waals surface area contributed by atoms with E-state index in [1.165, 1.54) is 51.7 Å². The molecule has 1 N–H and O–H groups in total. The maximum absolute atomic E-state index is 12.2. The molecule has 1 amide bonds. The Morgan fingerprint density at radius 3 is 2.17 bits per heavy atom. The van der Waals surface area contributed by atoms with Crippen molar-refractivity contribution in [3.63, 3.8) is 0 Å². The van der Waals surface area contributed by atoms with E-state index in [1.807, 2.05) is 0 Å². The van der Waals surface area contributed by atoms with Crippen molar-refractivity contribution in [2.24, 2.45) is 0 Å². The summed E-state index contributed by atoms with van der Waals surface area (Å²) in [5.74, 6) is 0.587. The third-order valence-corrected chi connectivity index (χ3v) is 3.77. The van der Waals surface area contributed by atoms with Gasteiger partial charge in [-0.2, -0.15) is 0 Å². The van der Waals surface area contributed by atoms with Gasteiger partial charge in [0.1, 0.15) is 5.75 Å². The van der Waals surface area contributed by atoms with Crippen LogP contribution in [0.15, 0.2) is 42.5 Å². The lowest BCUT2D eigenvalue weighted by atomic mass is 10.1. The predicted molar refractivity (Wildman–Crippen MR) is 100 cm³/mol. The predicted octanol–water partition coefficient (Wildman–Crippen LogP) is 3.94. The van der Waals surface area contributed by atoms with Gasteiger partial charge in [-0.25, -0.2) is 0 Å². The molecular formula is C20H20F3NO5. The quantitative estimate of drug-likeness (QED) is 0.667. The Bertz CT molecular complexity index is 864. The molecule has 0 aliphatic rings. The van der Waals surface area contributed by atoms with Gasteiger partial charge in [0.2, 0.25) is 11.7 Å². The average molecular weight is 411 g/mol. The molecule has 0 aliphatic heterocycles. The lowest BCUT2D eigenvalue weighted by Gasteiger charge is -2.14. The Morgan fingerprint density at radius 2 is 1.62 bits per heavy atom. The molecule has 0 radical (unpaired) electrons. The highest BCUT2D eigenvalue weighted by Gasteiger charge is 2.30. The highest BCUT2D eigenvalue weighted by Crippen LogP contribution is 2.40. The van der Waals surface area contributed by atoms with Crippen molar-refractivity contribution < 1.29 is 36.9 Å². The van der Waals surface area contributed by atoms with E-state index in [-0.39, 0.29) is 12.3 Å². The molecule has 2 aromatic carbocycles. The molecule has 156 valence electrons. The summed E-state index contributed by atoms with van der Waals surface area (Å²) in [4.78, 5) is 12.1. The number of nitrogens with one attached hydrogen (secondary N) is 1. The molecule has 2 aromatic rings. The Morgan fingerprint density at radius 1 is 0.966 bits per heavy atom. The van der Waals surface area contributed by atoms with Crippen LogP contribution in [0.4, 0.5) is 13.2 Å². The Labute approximate surface area is 165 Å². The SMILES string of the molecule is COc1ccc(C=CC(=O)NCc2ccc(OC(F)(F)F)cc2)c(OC)c1OC. The molecule has 0 fully saturated rings. The van der Waals surface area contributed by atoms with Gasteiger partial charge >= 0.3 is 6.36 Å². The zero-order valence-corrected chi connectivity index (χ0v) is 16.0. The normalized spacial score (nSPS) is 11.2. The van der Waals surface area contributed by atoms with Gasteiger partial charge in [0.05, 0.1) is 21.3 Å². The molecule has 0 aromatic heterocycles. The number of benzene rings is 2. The number of methoxy groups -OCH3 is 3. The minimum atomic E-state index is -4.74. The number of rotatable bonds is 8. The van der Waals surface area contributed by atoms with Crippen molar-refractivity contribution in [3.8, 4) is 23.0 Å². The summed E-state index contributed by atoms with van der Waals surface area (Å²) in [6.45, 7) is 0.137. The number of hydrogen-bond acceptors (Lipinski definition) is 5. The first-order valence-electron chi connectivity index (χ1n) is 8.37. The van der Waals surface area contributed by atoms with Crippen LogP contribution in [0.1, 0.15) is 11.1 Å². The number of ether oxygens (including phenoxy) is 4. The molecule has 29 heavy (non-hydrogen) atoms. The van der Waals surface area contributed by atoms with Crippen LogP contribution in [0.2, 0.25) is 0 Å². The van der Waals surface area contributed by atoms with E-state index in [9.17, 15) is 18.0 Å². The average Bonchev–Trinajstić information content (AvgIpc) is 2.69. The third-order valence-electron chi connectivity index (χ3n) is 3.77. The fourth-order valence-electron chi connectivity index (χ4n) is 2.48. The minimum absolute atomic E-state index is 0.137. The summed E-state index contributed by atoms with van der Waals surface area (Å²) >= 11 is 0. The smallest absolute Gasteiger partial charge is 0.493 e. The summed E-state index contributed by atoms with van der Waals surface area (Å²) in [5.41, 5.74) is 1.22. The molecule has 0 bridgehead atoms. The van der Waals surface area contributed by atoms with Gasteiger partial charge in [0.25, 0.3) is 0 Å². The maximum Gasteiger partial charge on any atom is 0.573 e. The van der Waals surface area contributed by atoms with Crippen molar-refractivity contribution in [2.45, 2.75) is 12.9 Å². The fourth-order valence-corrected chi connectivity index (χ4v) is 2.48. The molecule has 0 saturated heterocycles. The molecule has 0 unspecified atom stereocenters. The molecule has 0 atom stereocenters. The van der Waals surface area contributed by atoms with Crippen molar-refractivity contribution in [1.82, 2.24) is 5.32 Å². The van der Waals surface area contributed by atoms with Crippen LogP contribution in [-0.4, -0.2) is 33.6 Å². The number of carbonyl (C=O) groups excluding carboxylic acids is 1. The van der Waals surface area contributed by atoms with Gasteiger partial charge in [-0.1, -0.05) is 12.1 Å². The first kappa shape index (κ1) is 21.9. The zero-order valence-electron chi connectivity index (χ0n) is 16.0. The van der Waals surface area contributed by atoms with Crippen LogP contribution in [0.25, 0.3) is 6.08 Å². The summed E-state index contributed by atoms with van der Waals surface area (Å²) in [6.07, 6.45) is -1.88. The molecule has 6 nitrogen and oxygen atoms in total. The van der Waals surface area contributed by atoms with Gasteiger partial charge in [-0.15, -0.1) is 13.2 Å². The molecule has 0 saturated carbocycles. The van der Waals surface area contributed by atoms with Crippen LogP contribution in [0, 0.1) is 0 Å². The maximum atomic E-state index is 12.2. The lowest BCUT2D eigenvalue weighted by Crippen LogP contribution is -2.20. The first-order chi connectivity index (χ1) is 13.8. The van der Waals surface area contributed by atoms with E-state index >= 15 is 0 Å². The second-order valence-electron chi connectivity index (χ2n) is 5.67. The highest BCUT2D eigenvalue weighted by atomic mass is 19.4. The third kappa shape index (κ3) is 6.34. The molecular weight excluding hydrogens is 391 g/mol. The van der Waals surface area contributed by atoms with Gasteiger partial charge in [0.15, 0.2) is 11.5 Å². The standard InChI is InChI=1S/C20H20F3NO5/c1-26-16-10-6-14(18(27-2)19(16)28-3)7-11-17(25)24-12-13-4-8-15(9-5-13)29-20(21,22)23/h4-11H,12H2,1-3H3,(H,24,25). The van der Waals surface area contributed by atoms with Crippen molar-refractivity contribution in [1.29, 1.82) is 0 Å². The lowest BCUT2D eigenvalue weighted by molar-refractivity contribution is -0.274. The Kier molecular flexibility index (Phi) is 7.35. The second-order valence-corrected chi connectivity index (χ2v) is 5.67. The number of halogens is 3. The summed E-state index contributed by atoms with van der Waals surface area (Å²) in [5, 5.41) is 2.64. The summed E-state index contributed by atoms with van der Waals surface area (Å²) in [7, 11) is 4.45. The topological polar surface area (TPSA) is 66.0 Å². The number of amides is 1. The van der Waals surface area contributed by atoms with Gasteiger partial charge in [-0.05, 0) is 35.9 Å². The van der Waals surface area contributed by atoms with E-state index in [4.69, 9.17) is 14.2 Å². The minimum Gasteiger partial charge on any atom is -0.493 e. The molecule has 0 aliphatic carbocycles. The summed E-state index contributed by atoms with van der Waals surface area (Å²) in [6, 6.07) is 8.62. The molecule has 0 spiro atoms. The number of carbonyl (C=O) groups is 1. The molecule has 0 heterocycles. The Hall–Kier alpha value is -3.36. The second kappa shape index (κ2) is 9.72. The van der Waals surface area contributed by atoms with Gasteiger partial charge < -0.3 is 24.3 Å². The van der Waals surface area contributed by atoms with Gasteiger partial charge in [-0.3, -0.25) is 4.79 Å². The highest BCUT2D eigenvalue weighted by molar-refractivity contribution is 5.92. The van der Waals surface area contributed by atoms with Crippen molar-refractivity contribution in [3.05, 3.63) is 53.6 Å². The Balaban J connectivity index is 2.00. The van der Waals surface area contributed by atoms with E-state index in [0.717, 1.165) is 0 Å². The van der Waals surface area contributed by atoms with Gasteiger partial charge in [0, 0.05) is 18.2 Å². The van der Waals surface area contributed by atoms with Crippen LogP contribution in [-0.2, 0) is 11.3 Å².